The number of anilines is 1. The first kappa shape index (κ1) is 10.6. The minimum atomic E-state index is -0.192. The molecule has 3 heteroatoms. The van der Waals surface area contributed by atoms with Gasteiger partial charge in [-0.15, -0.1) is 0 Å². The predicted octanol–water partition coefficient (Wildman–Crippen LogP) is 3.14. The highest BCUT2D eigenvalue weighted by molar-refractivity contribution is 5.36. The summed E-state index contributed by atoms with van der Waals surface area (Å²) in [6, 6.07) is 12.4. The Balaban J connectivity index is 2.05. The monoisotopic (exact) mass is 216 g/mol. The van der Waals surface area contributed by atoms with Gasteiger partial charge in [0.25, 0.3) is 0 Å². The highest BCUT2D eigenvalue weighted by Crippen LogP contribution is 2.10. The number of nitrogens with zero attached hydrogens (tertiary/aromatic N) is 1. The maximum atomic E-state index is 13.3. The van der Waals surface area contributed by atoms with Crippen LogP contribution in [0.2, 0.25) is 0 Å². The van der Waals surface area contributed by atoms with Gasteiger partial charge < -0.3 is 5.32 Å². The number of pyridine rings is 1. The molecule has 0 spiro atoms. The summed E-state index contributed by atoms with van der Waals surface area (Å²) in [5.74, 6) is 0.575. The van der Waals surface area contributed by atoms with Crippen molar-refractivity contribution in [1.82, 2.24) is 4.98 Å². The van der Waals surface area contributed by atoms with Crippen LogP contribution in [0.15, 0.2) is 42.5 Å². The SMILES string of the molecule is Cc1cccc(NCc2ccccc2F)n1. The van der Waals surface area contributed by atoms with Crippen molar-refractivity contribution in [1.29, 1.82) is 0 Å². The fourth-order valence-electron chi connectivity index (χ4n) is 1.47. The van der Waals surface area contributed by atoms with E-state index in [0.29, 0.717) is 12.1 Å². The third-order valence-corrected chi connectivity index (χ3v) is 2.31. The molecule has 0 fully saturated rings. The fraction of sp³-hybridized carbons (Fsp3) is 0.154. The second-order valence-electron chi connectivity index (χ2n) is 3.61. The number of aryl methyl sites for hydroxylation is 1. The summed E-state index contributed by atoms with van der Waals surface area (Å²) in [6.45, 7) is 2.37. The molecule has 1 N–H and O–H groups in total. The second-order valence-corrected chi connectivity index (χ2v) is 3.61. The van der Waals surface area contributed by atoms with Crippen LogP contribution in [-0.4, -0.2) is 4.98 Å². The van der Waals surface area contributed by atoms with Gasteiger partial charge in [0.15, 0.2) is 0 Å². The molecule has 1 aromatic heterocycles. The number of hydrogen-bond acceptors (Lipinski definition) is 2. The molecule has 0 amide bonds. The highest BCUT2D eigenvalue weighted by atomic mass is 19.1. The van der Waals surface area contributed by atoms with Crippen LogP contribution in [0.5, 0.6) is 0 Å². The second kappa shape index (κ2) is 4.75. The summed E-state index contributed by atoms with van der Waals surface area (Å²) in [4.78, 5) is 4.28. The van der Waals surface area contributed by atoms with E-state index in [1.165, 1.54) is 6.07 Å². The summed E-state index contributed by atoms with van der Waals surface area (Å²) < 4.78 is 13.3. The average Bonchev–Trinajstić information content (AvgIpc) is 2.28. The molecule has 0 bridgehead atoms. The van der Waals surface area contributed by atoms with Crippen molar-refractivity contribution in [2.24, 2.45) is 0 Å². The molecule has 2 rings (SSSR count). The molecule has 0 unspecified atom stereocenters. The predicted molar refractivity (Wildman–Crippen MR) is 62.7 cm³/mol. The van der Waals surface area contributed by atoms with E-state index in [4.69, 9.17) is 0 Å². The normalized spacial score (nSPS) is 10.1. The molecule has 0 radical (unpaired) electrons. The lowest BCUT2D eigenvalue weighted by molar-refractivity contribution is 0.613. The van der Waals surface area contributed by atoms with Gasteiger partial charge in [0, 0.05) is 17.8 Å². The van der Waals surface area contributed by atoms with E-state index in [1.807, 2.05) is 31.2 Å². The molecule has 2 aromatic rings. The zero-order valence-corrected chi connectivity index (χ0v) is 9.07. The molecule has 0 atom stereocenters. The Labute approximate surface area is 94.2 Å². The van der Waals surface area contributed by atoms with Crippen LogP contribution in [0.1, 0.15) is 11.3 Å². The zero-order valence-electron chi connectivity index (χ0n) is 9.07. The van der Waals surface area contributed by atoms with Gasteiger partial charge in [-0.1, -0.05) is 24.3 Å². The van der Waals surface area contributed by atoms with Gasteiger partial charge in [0.1, 0.15) is 11.6 Å². The van der Waals surface area contributed by atoms with E-state index in [9.17, 15) is 4.39 Å². The molecule has 16 heavy (non-hydrogen) atoms. The molecule has 1 aromatic carbocycles. The fourth-order valence-corrected chi connectivity index (χ4v) is 1.47. The van der Waals surface area contributed by atoms with Gasteiger partial charge in [0.05, 0.1) is 0 Å². The van der Waals surface area contributed by atoms with Crippen molar-refractivity contribution < 1.29 is 4.39 Å². The van der Waals surface area contributed by atoms with E-state index in [1.54, 1.807) is 12.1 Å². The average molecular weight is 216 g/mol. The largest absolute Gasteiger partial charge is 0.366 e. The molecule has 1 heterocycles. The van der Waals surface area contributed by atoms with E-state index in [-0.39, 0.29) is 5.82 Å². The van der Waals surface area contributed by atoms with Crippen molar-refractivity contribution in [3.63, 3.8) is 0 Å². The smallest absolute Gasteiger partial charge is 0.128 e. The summed E-state index contributed by atoms with van der Waals surface area (Å²) in [5, 5.41) is 3.09. The van der Waals surface area contributed by atoms with E-state index < -0.39 is 0 Å². The van der Waals surface area contributed by atoms with Crippen LogP contribution in [0, 0.1) is 12.7 Å². The van der Waals surface area contributed by atoms with Crippen molar-refractivity contribution >= 4 is 5.82 Å². The van der Waals surface area contributed by atoms with Crippen LogP contribution in [0.3, 0.4) is 0 Å². The van der Waals surface area contributed by atoms with Crippen LogP contribution < -0.4 is 5.32 Å². The van der Waals surface area contributed by atoms with Crippen molar-refractivity contribution in [3.8, 4) is 0 Å². The van der Waals surface area contributed by atoms with Crippen LogP contribution in [0.4, 0.5) is 10.2 Å². The number of benzene rings is 1. The third-order valence-electron chi connectivity index (χ3n) is 2.31. The molecule has 0 saturated carbocycles. The lowest BCUT2D eigenvalue weighted by Gasteiger charge is -2.06. The van der Waals surface area contributed by atoms with E-state index >= 15 is 0 Å². The Kier molecular flexibility index (Phi) is 3.15. The molecule has 0 saturated heterocycles. The standard InChI is InChI=1S/C13H13FN2/c1-10-5-4-8-13(16-10)15-9-11-6-2-3-7-12(11)14/h2-8H,9H2,1H3,(H,15,16). The minimum absolute atomic E-state index is 0.192. The van der Waals surface area contributed by atoms with Gasteiger partial charge in [-0.25, -0.2) is 9.37 Å². The third kappa shape index (κ3) is 2.57. The molecule has 0 aliphatic rings. The number of nitrogens with one attached hydrogen (secondary N) is 1. The van der Waals surface area contributed by atoms with Gasteiger partial charge in [0.2, 0.25) is 0 Å². The lowest BCUT2D eigenvalue weighted by atomic mass is 10.2. The summed E-state index contributed by atoms with van der Waals surface area (Å²) in [6.07, 6.45) is 0. The molecular formula is C13H13FN2. The number of aromatic nitrogens is 1. The first-order valence-corrected chi connectivity index (χ1v) is 5.16. The number of rotatable bonds is 3. The van der Waals surface area contributed by atoms with Crippen LogP contribution in [0.25, 0.3) is 0 Å². The molecule has 0 aliphatic heterocycles. The summed E-state index contributed by atoms with van der Waals surface area (Å²) in [5.41, 5.74) is 1.59. The summed E-state index contributed by atoms with van der Waals surface area (Å²) in [7, 11) is 0. The lowest BCUT2D eigenvalue weighted by Crippen LogP contribution is -2.03. The Hall–Kier alpha value is -1.90. The first-order chi connectivity index (χ1) is 7.75. The molecule has 2 nitrogen and oxygen atoms in total. The first-order valence-electron chi connectivity index (χ1n) is 5.16. The van der Waals surface area contributed by atoms with Crippen LogP contribution in [-0.2, 0) is 6.54 Å². The minimum Gasteiger partial charge on any atom is -0.366 e. The highest BCUT2D eigenvalue weighted by Gasteiger charge is 2.00. The van der Waals surface area contributed by atoms with Gasteiger partial charge in [-0.2, -0.15) is 0 Å². The number of halogens is 1. The summed E-state index contributed by atoms with van der Waals surface area (Å²) >= 11 is 0. The molecule has 82 valence electrons. The zero-order chi connectivity index (χ0) is 11.4. The van der Waals surface area contributed by atoms with Crippen LogP contribution >= 0.6 is 0 Å². The van der Waals surface area contributed by atoms with Crippen molar-refractivity contribution in [3.05, 3.63) is 59.5 Å². The van der Waals surface area contributed by atoms with Crippen molar-refractivity contribution in [2.45, 2.75) is 13.5 Å². The molecular weight excluding hydrogens is 203 g/mol. The van der Waals surface area contributed by atoms with Gasteiger partial charge in [-0.05, 0) is 25.1 Å². The Bertz CT molecular complexity index is 483. The molecule has 0 aliphatic carbocycles. The Morgan fingerprint density at radius 3 is 2.69 bits per heavy atom. The van der Waals surface area contributed by atoms with Gasteiger partial charge in [-0.3, -0.25) is 0 Å². The van der Waals surface area contributed by atoms with E-state index in [0.717, 1.165) is 11.5 Å². The number of hydrogen-bond donors (Lipinski definition) is 1. The Morgan fingerprint density at radius 2 is 1.94 bits per heavy atom. The van der Waals surface area contributed by atoms with Gasteiger partial charge >= 0.3 is 0 Å². The maximum Gasteiger partial charge on any atom is 0.128 e. The quantitative estimate of drug-likeness (QED) is 0.852. The topological polar surface area (TPSA) is 24.9 Å². The maximum absolute atomic E-state index is 13.3. The Morgan fingerprint density at radius 1 is 1.12 bits per heavy atom. The van der Waals surface area contributed by atoms with E-state index in [2.05, 4.69) is 10.3 Å². The van der Waals surface area contributed by atoms with Crippen molar-refractivity contribution in [2.75, 3.05) is 5.32 Å².